The van der Waals surface area contributed by atoms with Gasteiger partial charge < -0.3 is 19.5 Å². The number of rotatable bonds is 6. The number of ether oxygens (including phenoxy) is 3. The van der Waals surface area contributed by atoms with E-state index >= 15 is 0 Å². The number of carbonyl (C=O) groups excluding carboxylic acids is 1. The predicted molar refractivity (Wildman–Crippen MR) is 108 cm³/mol. The summed E-state index contributed by atoms with van der Waals surface area (Å²) in [5.74, 6) is 1.08. The highest BCUT2D eigenvalue weighted by atomic mass is 19.3. The third-order valence-corrected chi connectivity index (χ3v) is 7.86. The number of amides is 1. The summed E-state index contributed by atoms with van der Waals surface area (Å²) in [4.78, 5) is 12.3. The first-order chi connectivity index (χ1) is 14.2. The van der Waals surface area contributed by atoms with Crippen LogP contribution in [0.5, 0.6) is 11.5 Å². The SMILES string of the molecule is CCC(=O)N[C@@H]1C(C)(C)[C@@H]2C[C@@H]3[C@@H](c4ccc(OC)c(OC(F)F)c4)OCC[C@@]31C2. The van der Waals surface area contributed by atoms with Crippen LogP contribution in [0.2, 0.25) is 0 Å². The normalized spacial score (nSPS) is 34.0. The number of alkyl halides is 2. The molecule has 1 saturated heterocycles. The van der Waals surface area contributed by atoms with Crippen molar-refractivity contribution in [3.8, 4) is 11.5 Å². The molecule has 0 aromatic heterocycles. The van der Waals surface area contributed by atoms with Gasteiger partial charge in [-0.05, 0) is 59.6 Å². The van der Waals surface area contributed by atoms with Crippen molar-refractivity contribution in [2.45, 2.75) is 65.2 Å². The van der Waals surface area contributed by atoms with Crippen LogP contribution in [-0.4, -0.2) is 32.3 Å². The van der Waals surface area contributed by atoms with Gasteiger partial charge in [-0.1, -0.05) is 26.8 Å². The van der Waals surface area contributed by atoms with Crippen molar-refractivity contribution in [3.05, 3.63) is 23.8 Å². The average molecular weight is 424 g/mol. The molecule has 166 valence electrons. The molecule has 3 fully saturated rings. The van der Waals surface area contributed by atoms with Crippen LogP contribution in [0.1, 0.15) is 58.1 Å². The Morgan fingerprint density at radius 1 is 1.33 bits per heavy atom. The first-order valence-corrected chi connectivity index (χ1v) is 10.8. The lowest BCUT2D eigenvalue weighted by atomic mass is 9.59. The molecular formula is C23H31F2NO4. The predicted octanol–water partition coefficient (Wildman–Crippen LogP) is 4.71. The number of fused-ring (bicyclic) bond motifs is 1. The van der Waals surface area contributed by atoms with Gasteiger partial charge in [-0.15, -0.1) is 0 Å². The zero-order valence-corrected chi connectivity index (χ0v) is 18.0. The topological polar surface area (TPSA) is 56.8 Å². The van der Waals surface area contributed by atoms with E-state index in [1.54, 1.807) is 12.1 Å². The van der Waals surface area contributed by atoms with Gasteiger partial charge in [-0.25, -0.2) is 0 Å². The van der Waals surface area contributed by atoms with E-state index in [2.05, 4.69) is 23.9 Å². The van der Waals surface area contributed by atoms with Crippen LogP contribution in [0, 0.1) is 22.7 Å². The molecule has 1 aromatic carbocycles. The van der Waals surface area contributed by atoms with Crippen LogP contribution in [0.3, 0.4) is 0 Å². The van der Waals surface area contributed by atoms with Crippen molar-refractivity contribution in [2.75, 3.05) is 13.7 Å². The van der Waals surface area contributed by atoms with E-state index in [4.69, 9.17) is 9.47 Å². The molecule has 1 aromatic rings. The molecule has 5 atom stereocenters. The van der Waals surface area contributed by atoms with Crippen LogP contribution in [0.15, 0.2) is 18.2 Å². The van der Waals surface area contributed by atoms with Gasteiger partial charge in [0, 0.05) is 19.1 Å². The van der Waals surface area contributed by atoms with Crippen molar-refractivity contribution >= 4 is 5.91 Å². The monoisotopic (exact) mass is 423 g/mol. The number of benzene rings is 1. The number of hydrogen-bond acceptors (Lipinski definition) is 4. The molecule has 4 rings (SSSR count). The van der Waals surface area contributed by atoms with Gasteiger partial charge >= 0.3 is 6.61 Å². The molecule has 1 amide bonds. The van der Waals surface area contributed by atoms with Crippen molar-refractivity contribution in [3.63, 3.8) is 0 Å². The Morgan fingerprint density at radius 2 is 2.10 bits per heavy atom. The molecule has 0 radical (unpaired) electrons. The Bertz CT molecular complexity index is 814. The fourth-order valence-corrected chi connectivity index (χ4v) is 6.44. The second-order valence-electron chi connectivity index (χ2n) is 9.48. The lowest BCUT2D eigenvalue weighted by molar-refractivity contribution is -0.137. The van der Waals surface area contributed by atoms with E-state index in [1.807, 2.05) is 13.0 Å². The van der Waals surface area contributed by atoms with Crippen LogP contribution in [-0.2, 0) is 9.53 Å². The Morgan fingerprint density at radius 3 is 2.77 bits per heavy atom. The minimum Gasteiger partial charge on any atom is -0.493 e. The zero-order chi connectivity index (χ0) is 21.7. The minimum absolute atomic E-state index is 0.0209. The summed E-state index contributed by atoms with van der Waals surface area (Å²) in [5, 5.41) is 3.33. The highest BCUT2D eigenvalue weighted by Gasteiger charge is 2.68. The smallest absolute Gasteiger partial charge is 0.387 e. The van der Waals surface area contributed by atoms with Crippen molar-refractivity contribution in [1.29, 1.82) is 0 Å². The van der Waals surface area contributed by atoms with E-state index in [0.29, 0.717) is 18.9 Å². The Balaban J connectivity index is 1.68. The molecule has 1 heterocycles. The summed E-state index contributed by atoms with van der Waals surface area (Å²) in [6.07, 6.45) is 3.22. The zero-order valence-electron chi connectivity index (χ0n) is 18.0. The number of halogens is 2. The van der Waals surface area contributed by atoms with Gasteiger partial charge in [0.05, 0.1) is 13.2 Å². The van der Waals surface area contributed by atoms with Gasteiger partial charge in [0.15, 0.2) is 11.5 Å². The summed E-state index contributed by atoms with van der Waals surface area (Å²) < 4.78 is 41.9. The van der Waals surface area contributed by atoms with Crippen LogP contribution >= 0.6 is 0 Å². The Hall–Kier alpha value is -1.89. The summed E-state index contributed by atoms with van der Waals surface area (Å²) in [7, 11) is 1.43. The minimum atomic E-state index is -2.93. The van der Waals surface area contributed by atoms with Gasteiger partial charge in [-0.2, -0.15) is 8.78 Å². The van der Waals surface area contributed by atoms with Crippen LogP contribution < -0.4 is 14.8 Å². The third-order valence-electron chi connectivity index (χ3n) is 7.86. The highest BCUT2D eigenvalue weighted by Crippen LogP contribution is 2.70. The molecule has 5 nitrogen and oxygen atoms in total. The molecule has 1 N–H and O–H groups in total. The summed E-state index contributed by atoms with van der Waals surface area (Å²) in [5.41, 5.74) is 0.806. The molecule has 0 unspecified atom stereocenters. The maximum atomic E-state index is 12.9. The molecule has 30 heavy (non-hydrogen) atoms. The van der Waals surface area contributed by atoms with Crippen molar-refractivity contribution in [1.82, 2.24) is 5.32 Å². The van der Waals surface area contributed by atoms with Gasteiger partial charge in [0.2, 0.25) is 5.91 Å². The summed E-state index contributed by atoms with van der Waals surface area (Å²) in [6.45, 7) is 4.05. The van der Waals surface area contributed by atoms with Crippen LogP contribution in [0.4, 0.5) is 8.78 Å². The second kappa shape index (κ2) is 7.66. The molecule has 3 aliphatic rings. The maximum absolute atomic E-state index is 12.9. The third kappa shape index (κ3) is 3.26. The molecule has 1 spiro atoms. The highest BCUT2D eigenvalue weighted by molar-refractivity contribution is 5.76. The second-order valence-corrected chi connectivity index (χ2v) is 9.48. The van der Waals surface area contributed by atoms with E-state index < -0.39 is 6.61 Å². The molecule has 1 aliphatic heterocycles. The average Bonchev–Trinajstić information content (AvgIpc) is 3.19. The lowest BCUT2D eigenvalue weighted by Crippen LogP contribution is -2.58. The molecule has 2 bridgehead atoms. The lowest BCUT2D eigenvalue weighted by Gasteiger charge is -2.53. The standard InChI is InChI=1S/C23H31F2NO4/c1-5-18(27)26-20-22(2,3)14-11-15-19(29-9-8-23(15,20)12-14)13-6-7-16(28-4)17(10-13)30-21(24)25/h6-7,10,14-15,19-21H,5,8-9,11-12H2,1-4H3,(H,26,27)/t14-,15-,19-,20-,23-/m1/s1. The number of nitrogens with one attached hydrogen (secondary N) is 1. The number of methoxy groups -OCH3 is 1. The fourth-order valence-electron chi connectivity index (χ4n) is 6.44. The van der Waals surface area contributed by atoms with Gasteiger partial charge in [-0.3, -0.25) is 4.79 Å². The number of hydrogen-bond donors (Lipinski definition) is 1. The van der Waals surface area contributed by atoms with E-state index in [0.717, 1.165) is 24.8 Å². The quantitative estimate of drug-likeness (QED) is 0.720. The molecule has 2 saturated carbocycles. The largest absolute Gasteiger partial charge is 0.493 e. The first-order valence-electron chi connectivity index (χ1n) is 10.8. The number of carbonyl (C=O) groups is 1. The summed E-state index contributed by atoms with van der Waals surface area (Å²) in [6, 6.07) is 5.23. The first kappa shape index (κ1) is 21.3. The fraction of sp³-hybridized carbons (Fsp3) is 0.696. The van der Waals surface area contributed by atoms with E-state index in [1.165, 1.54) is 7.11 Å². The van der Waals surface area contributed by atoms with Gasteiger partial charge in [0.1, 0.15) is 0 Å². The maximum Gasteiger partial charge on any atom is 0.387 e. The van der Waals surface area contributed by atoms with Crippen molar-refractivity contribution < 1.29 is 27.8 Å². The van der Waals surface area contributed by atoms with Crippen LogP contribution in [0.25, 0.3) is 0 Å². The summed E-state index contributed by atoms with van der Waals surface area (Å²) >= 11 is 0. The Kier molecular flexibility index (Phi) is 5.45. The molecule has 2 aliphatic carbocycles. The van der Waals surface area contributed by atoms with Gasteiger partial charge in [0.25, 0.3) is 0 Å². The van der Waals surface area contributed by atoms with E-state index in [-0.39, 0.29) is 46.3 Å². The van der Waals surface area contributed by atoms with Crippen molar-refractivity contribution in [2.24, 2.45) is 22.7 Å². The Labute approximate surface area is 176 Å². The molecular weight excluding hydrogens is 392 g/mol. The molecule has 7 heteroatoms. The van der Waals surface area contributed by atoms with E-state index in [9.17, 15) is 13.6 Å².